The molecule has 20 heavy (non-hydrogen) atoms. The lowest BCUT2D eigenvalue weighted by molar-refractivity contribution is -0.136. The Balaban J connectivity index is 2.44. The van der Waals surface area contributed by atoms with Crippen molar-refractivity contribution in [1.29, 1.82) is 0 Å². The summed E-state index contributed by atoms with van der Waals surface area (Å²) in [5.41, 5.74) is 0.279. The van der Waals surface area contributed by atoms with Crippen LogP contribution in [-0.4, -0.2) is 23.9 Å². The number of nitrogens with zero attached hydrogens (tertiary/aromatic N) is 1. The minimum atomic E-state index is -0.879. The third kappa shape index (κ3) is 2.40. The molecule has 0 spiro atoms. The molecule has 5 heteroatoms. The summed E-state index contributed by atoms with van der Waals surface area (Å²) in [4.78, 5) is 25.9. The van der Waals surface area contributed by atoms with Crippen LogP contribution in [0.5, 0.6) is 0 Å². The zero-order chi connectivity index (χ0) is 14.9. The number of rotatable bonds is 3. The van der Waals surface area contributed by atoms with E-state index in [0.29, 0.717) is 18.5 Å². The SMILES string of the molecule is CCC1(CC)NC(=O)CN(c2cc(C)cc(F)c2)C1=O. The highest BCUT2D eigenvalue weighted by Crippen LogP contribution is 2.27. The Morgan fingerprint density at radius 1 is 1.25 bits per heavy atom. The molecule has 0 unspecified atom stereocenters. The van der Waals surface area contributed by atoms with Crippen LogP contribution in [0.15, 0.2) is 18.2 Å². The van der Waals surface area contributed by atoms with Gasteiger partial charge in [0.05, 0.1) is 0 Å². The van der Waals surface area contributed by atoms with Gasteiger partial charge in [0.25, 0.3) is 5.91 Å². The molecule has 2 amide bonds. The number of hydrogen-bond acceptors (Lipinski definition) is 2. The minimum Gasteiger partial charge on any atom is -0.340 e. The maximum absolute atomic E-state index is 13.5. The maximum Gasteiger partial charge on any atom is 0.253 e. The molecule has 1 aromatic carbocycles. The maximum atomic E-state index is 13.5. The average Bonchev–Trinajstić information content (AvgIpc) is 2.40. The third-order valence-corrected chi connectivity index (χ3v) is 3.88. The van der Waals surface area contributed by atoms with E-state index in [0.717, 1.165) is 5.56 Å². The van der Waals surface area contributed by atoms with Gasteiger partial charge in [-0.1, -0.05) is 13.8 Å². The monoisotopic (exact) mass is 278 g/mol. The van der Waals surface area contributed by atoms with E-state index in [1.807, 2.05) is 13.8 Å². The number of piperazine rings is 1. The summed E-state index contributed by atoms with van der Waals surface area (Å²) in [5.74, 6) is -0.792. The first-order valence-corrected chi connectivity index (χ1v) is 6.82. The van der Waals surface area contributed by atoms with E-state index in [1.54, 1.807) is 13.0 Å². The molecule has 2 rings (SSSR count). The molecule has 1 saturated heterocycles. The van der Waals surface area contributed by atoms with E-state index >= 15 is 0 Å². The quantitative estimate of drug-likeness (QED) is 0.921. The van der Waals surface area contributed by atoms with Crippen molar-refractivity contribution in [3.05, 3.63) is 29.6 Å². The highest BCUT2D eigenvalue weighted by Gasteiger charge is 2.44. The topological polar surface area (TPSA) is 49.4 Å². The van der Waals surface area contributed by atoms with Crippen LogP contribution >= 0.6 is 0 Å². The summed E-state index contributed by atoms with van der Waals surface area (Å²) in [5, 5.41) is 2.78. The van der Waals surface area contributed by atoms with Crippen LogP contribution in [-0.2, 0) is 9.59 Å². The molecular weight excluding hydrogens is 259 g/mol. The molecule has 0 bridgehead atoms. The van der Waals surface area contributed by atoms with E-state index in [4.69, 9.17) is 0 Å². The molecule has 0 atom stereocenters. The van der Waals surface area contributed by atoms with Gasteiger partial charge in [-0.15, -0.1) is 0 Å². The average molecular weight is 278 g/mol. The number of aryl methyl sites for hydroxylation is 1. The second kappa shape index (κ2) is 5.23. The molecule has 0 aliphatic carbocycles. The number of benzene rings is 1. The van der Waals surface area contributed by atoms with Gasteiger partial charge in [-0.25, -0.2) is 4.39 Å². The van der Waals surface area contributed by atoms with Crippen molar-refractivity contribution in [2.75, 3.05) is 11.4 Å². The number of halogens is 1. The number of carbonyl (C=O) groups is 2. The van der Waals surface area contributed by atoms with Crippen LogP contribution in [0.2, 0.25) is 0 Å². The van der Waals surface area contributed by atoms with Crippen LogP contribution in [0.4, 0.5) is 10.1 Å². The highest BCUT2D eigenvalue weighted by atomic mass is 19.1. The molecule has 1 aliphatic rings. The zero-order valence-corrected chi connectivity index (χ0v) is 12.0. The lowest BCUT2D eigenvalue weighted by atomic mass is 9.88. The first kappa shape index (κ1) is 14.5. The Kier molecular flexibility index (Phi) is 3.79. The van der Waals surface area contributed by atoms with Crippen molar-refractivity contribution in [1.82, 2.24) is 5.32 Å². The smallest absolute Gasteiger partial charge is 0.253 e. The predicted octanol–water partition coefficient (Wildman–Crippen LogP) is 2.16. The molecule has 1 fully saturated rings. The number of hydrogen-bond donors (Lipinski definition) is 1. The van der Waals surface area contributed by atoms with Crippen LogP contribution in [0, 0.1) is 12.7 Å². The van der Waals surface area contributed by atoms with Gasteiger partial charge >= 0.3 is 0 Å². The molecule has 1 aliphatic heterocycles. The Bertz CT molecular complexity index is 533. The first-order chi connectivity index (χ1) is 9.41. The van der Waals surface area contributed by atoms with Crippen molar-refractivity contribution in [2.45, 2.75) is 39.2 Å². The van der Waals surface area contributed by atoms with Crippen LogP contribution in [0.3, 0.4) is 0 Å². The van der Waals surface area contributed by atoms with Gasteiger partial charge in [-0.3, -0.25) is 9.59 Å². The first-order valence-electron chi connectivity index (χ1n) is 6.82. The Hall–Kier alpha value is -1.91. The largest absolute Gasteiger partial charge is 0.340 e. The molecule has 1 aromatic rings. The number of amides is 2. The summed E-state index contributed by atoms with van der Waals surface area (Å²) in [6.07, 6.45) is 1.03. The summed E-state index contributed by atoms with van der Waals surface area (Å²) in [6.45, 7) is 5.42. The molecule has 1 heterocycles. The number of carbonyl (C=O) groups excluding carboxylic acids is 2. The van der Waals surface area contributed by atoms with E-state index < -0.39 is 11.4 Å². The standard InChI is InChI=1S/C15H19FN2O2/c1-4-15(5-2)14(20)18(9-13(19)17-15)12-7-10(3)6-11(16)8-12/h6-8H,4-5,9H2,1-3H3,(H,17,19). The van der Waals surface area contributed by atoms with Crippen LogP contribution in [0.25, 0.3) is 0 Å². The van der Waals surface area contributed by atoms with Crippen LogP contribution in [0.1, 0.15) is 32.3 Å². The van der Waals surface area contributed by atoms with Crippen LogP contribution < -0.4 is 10.2 Å². The lowest BCUT2D eigenvalue weighted by Crippen LogP contribution is -2.66. The third-order valence-electron chi connectivity index (χ3n) is 3.88. The van der Waals surface area contributed by atoms with Gasteiger partial charge in [0, 0.05) is 5.69 Å². The second-order valence-electron chi connectivity index (χ2n) is 5.22. The molecule has 108 valence electrons. The fourth-order valence-electron chi connectivity index (χ4n) is 2.64. The summed E-state index contributed by atoms with van der Waals surface area (Å²) < 4.78 is 13.5. The molecule has 0 aromatic heterocycles. The zero-order valence-electron chi connectivity index (χ0n) is 12.0. The lowest BCUT2D eigenvalue weighted by Gasteiger charge is -2.41. The molecule has 4 nitrogen and oxygen atoms in total. The van der Waals surface area contributed by atoms with E-state index in [-0.39, 0.29) is 18.4 Å². The summed E-state index contributed by atoms with van der Waals surface area (Å²) in [7, 11) is 0. The Morgan fingerprint density at radius 2 is 1.90 bits per heavy atom. The minimum absolute atomic E-state index is 0.0660. The van der Waals surface area contributed by atoms with Gasteiger partial charge in [0.15, 0.2) is 0 Å². The highest BCUT2D eigenvalue weighted by molar-refractivity contribution is 6.09. The summed E-state index contributed by atoms with van der Waals surface area (Å²) >= 11 is 0. The van der Waals surface area contributed by atoms with E-state index in [1.165, 1.54) is 17.0 Å². The fraction of sp³-hybridized carbons (Fsp3) is 0.467. The van der Waals surface area contributed by atoms with Crippen molar-refractivity contribution in [3.8, 4) is 0 Å². The Labute approximate surface area is 118 Å². The van der Waals surface area contributed by atoms with E-state index in [9.17, 15) is 14.0 Å². The predicted molar refractivity (Wildman–Crippen MR) is 74.9 cm³/mol. The molecular formula is C15H19FN2O2. The van der Waals surface area contributed by atoms with Gasteiger partial charge < -0.3 is 10.2 Å². The Morgan fingerprint density at radius 3 is 2.45 bits per heavy atom. The second-order valence-corrected chi connectivity index (χ2v) is 5.22. The van der Waals surface area contributed by atoms with Gasteiger partial charge in [0.2, 0.25) is 5.91 Å². The van der Waals surface area contributed by atoms with Gasteiger partial charge in [0.1, 0.15) is 17.9 Å². The van der Waals surface area contributed by atoms with Crippen molar-refractivity contribution < 1.29 is 14.0 Å². The van der Waals surface area contributed by atoms with E-state index in [2.05, 4.69) is 5.32 Å². The normalized spacial score (nSPS) is 18.1. The van der Waals surface area contributed by atoms with Crippen molar-refractivity contribution in [2.24, 2.45) is 0 Å². The number of anilines is 1. The summed E-state index contributed by atoms with van der Waals surface area (Å²) in [6, 6.07) is 4.40. The van der Waals surface area contributed by atoms with Gasteiger partial charge in [-0.2, -0.15) is 0 Å². The molecule has 1 N–H and O–H groups in total. The number of nitrogens with one attached hydrogen (secondary N) is 1. The fourth-order valence-corrected chi connectivity index (χ4v) is 2.64. The molecule has 0 radical (unpaired) electrons. The van der Waals surface area contributed by atoms with Gasteiger partial charge in [-0.05, 0) is 43.5 Å². The van der Waals surface area contributed by atoms with Crippen molar-refractivity contribution in [3.63, 3.8) is 0 Å². The van der Waals surface area contributed by atoms with Crippen molar-refractivity contribution >= 4 is 17.5 Å². The molecule has 0 saturated carbocycles.